The Morgan fingerprint density at radius 2 is 2.16 bits per heavy atom. The number of aliphatic hydroxyl groups is 1. The van der Waals surface area contributed by atoms with Gasteiger partial charge in [0.2, 0.25) is 0 Å². The van der Waals surface area contributed by atoms with Crippen molar-refractivity contribution >= 4 is 15.9 Å². The number of aryl methyl sites for hydroxylation is 1. The number of ether oxygens (including phenoxy) is 2. The normalized spacial score (nSPS) is 16.2. The Hall–Kier alpha value is -0.780. The van der Waals surface area contributed by atoms with Crippen LogP contribution >= 0.6 is 15.9 Å². The predicted octanol–water partition coefficient (Wildman–Crippen LogP) is 2.08. The molecular formula is C14H20BrNO3. The lowest BCUT2D eigenvalue weighted by Crippen LogP contribution is -2.51. The van der Waals surface area contributed by atoms with E-state index in [9.17, 15) is 0 Å². The summed E-state index contributed by atoms with van der Waals surface area (Å²) in [6, 6.07) is 3.95. The molecule has 1 saturated heterocycles. The molecule has 106 valence electrons. The smallest absolute Gasteiger partial charge is 0.164 e. The lowest BCUT2D eigenvalue weighted by Gasteiger charge is -2.36. The first-order valence-electron chi connectivity index (χ1n) is 6.46. The third kappa shape index (κ3) is 3.61. The highest BCUT2D eigenvalue weighted by molar-refractivity contribution is 9.10. The Kier molecular flexibility index (Phi) is 5.07. The van der Waals surface area contributed by atoms with Crippen molar-refractivity contribution in [3.63, 3.8) is 0 Å². The highest BCUT2D eigenvalue weighted by atomic mass is 79.9. The summed E-state index contributed by atoms with van der Waals surface area (Å²) in [5, 5.41) is 9.00. The van der Waals surface area contributed by atoms with E-state index < -0.39 is 0 Å². The van der Waals surface area contributed by atoms with Crippen molar-refractivity contribution in [2.45, 2.75) is 18.9 Å². The first kappa shape index (κ1) is 14.6. The Morgan fingerprint density at radius 3 is 2.74 bits per heavy atom. The number of methoxy groups -OCH3 is 1. The maximum atomic E-state index is 9.00. The van der Waals surface area contributed by atoms with Crippen LogP contribution in [0, 0.1) is 0 Å². The second-order valence-electron chi connectivity index (χ2n) is 4.88. The molecule has 0 unspecified atom stereocenters. The van der Waals surface area contributed by atoms with Gasteiger partial charge in [0.25, 0.3) is 0 Å². The van der Waals surface area contributed by atoms with Gasteiger partial charge in [0.1, 0.15) is 6.10 Å². The first-order chi connectivity index (χ1) is 9.13. The van der Waals surface area contributed by atoms with Gasteiger partial charge in [0.15, 0.2) is 11.5 Å². The van der Waals surface area contributed by atoms with Crippen LogP contribution in [0.15, 0.2) is 16.6 Å². The van der Waals surface area contributed by atoms with Crippen LogP contribution in [-0.4, -0.2) is 50.0 Å². The SMILES string of the molecule is COc1cc(Br)cc(CCCO)c1OC1CN(C)C1. The van der Waals surface area contributed by atoms with Gasteiger partial charge in [-0.2, -0.15) is 0 Å². The second-order valence-corrected chi connectivity index (χ2v) is 5.80. The monoisotopic (exact) mass is 329 g/mol. The predicted molar refractivity (Wildman–Crippen MR) is 78.0 cm³/mol. The molecule has 0 spiro atoms. The van der Waals surface area contributed by atoms with Crippen molar-refractivity contribution in [1.29, 1.82) is 0 Å². The molecule has 0 atom stereocenters. The molecule has 0 bridgehead atoms. The van der Waals surface area contributed by atoms with Gasteiger partial charge < -0.3 is 14.6 Å². The highest BCUT2D eigenvalue weighted by Crippen LogP contribution is 2.37. The van der Waals surface area contributed by atoms with Crippen LogP contribution in [0.25, 0.3) is 0 Å². The maximum Gasteiger partial charge on any atom is 0.164 e. The molecule has 1 aliphatic rings. The van der Waals surface area contributed by atoms with Crippen LogP contribution in [0.2, 0.25) is 0 Å². The lowest BCUT2D eigenvalue weighted by atomic mass is 10.1. The number of hydrogen-bond acceptors (Lipinski definition) is 4. The molecule has 4 nitrogen and oxygen atoms in total. The quantitative estimate of drug-likeness (QED) is 0.867. The van der Waals surface area contributed by atoms with Crippen molar-refractivity contribution in [1.82, 2.24) is 4.90 Å². The van der Waals surface area contributed by atoms with Crippen molar-refractivity contribution in [2.24, 2.45) is 0 Å². The van der Waals surface area contributed by atoms with E-state index in [1.165, 1.54) is 0 Å². The fraction of sp³-hybridized carbons (Fsp3) is 0.571. The molecule has 1 aromatic carbocycles. The average molecular weight is 330 g/mol. The van der Waals surface area contributed by atoms with E-state index in [0.29, 0.717) is 0 Å². The van der Waals surface area contributed by atoms with Gasteiger partial charge in [0.05, 0.1) is 7.11 Å². The Labute approximate surface area is 122 Å². The summed E-state index contributed by atoms with van der Waals surface area (Å²) in [5.74, 6) is 1.56. The fourth-order valence-corrected chi connectivity index (χ4v) is 2.73. The zero-order valence-electron chi connectivity index (χ0n) is 11.4. The molecule has 0 aromatic heterocycles. The first-order valence-corrected chi connectivity index (χ1v) is 7.25. The minimum absolute atomic E-state index is 0.181. The van der Waals surface area contributed by atoms with E-state index in [1.807, 2.05) is 12.1 Å². The number of likely N-dealkylation sites (N-methyl/N-ethyl adjacent to an activating group) is 1. The summed E-state index contributed by atoms with van der Waals surface area (Å²) < 4.78 is 12.4. The lowest BCUT2D eigenvalue weighted by molar-refractivity contribution is 0.0362. The molecule has 1 aliphatic heterocycles. The van der Waals surface area contributed by atoms with Gasteiger partial charge in [-0.1, -0.05) is 15.9 Å². The zero-order valence-corrected chi connectivity index (χ0v) is 12.9. The molecule has 0 saturated carbocycles. The molecule has 1 heterocycles. The molecular weight excluding hydrogens is 310 g/mol. The summed E-state index contributed by atoms with van der Waals surface area (Å²) in [6.45, 7) is 2.07. The van der Waals surface area contributed by atoms with Gasteiger partial charge in [0, 0.05) is 24.2 Å². The summed E-state index contributed by atoms with van der Waals surface area (Å²) >= 11 is 3.48. The van der Waals surface area contributed by atoms with E-state index in [1.54, 1.807) is 7.11 Å². The van der Waals surface area contributed by atoms with Crippen LogP contribution in [0.3, 0.4) is 0 Å². The zero-order chi connectivity index (χ0) is 13.8. The number of likely N-dealkylation sites (tertiary alicyclic amines) is 1. The number of halogens is 1. The van der Waals surface area contributed by atoms with E-state index >= 15 is 0 Å². The van der Waals surface area contributed by atoms with Gasteiger partial charge in [-0.15, -0.1) is 0 Å². The van der Waals surface area contributed by atoms with Gasteiger partial charge in [-0.05, 0) is 37.6 Å². The molecule has 2 rings (SSSR count). The highest BCUT2D eigenvalue weighted by Gasteiger charge is 2.27. The topological polar surface area (TPSA) is 41.9 Å². The average Bonchev–Trinajstić information content (AvgIpc) is 2.36. The van der Waals surface area contributed by atoms with Crippen LogP contribution in [-0.2, 0) is 6.42 Å². The number of hydrogen-bond donors (Lipinski definition) is 1. The minimum Gasteiger partial charge on any atom is -0.493 e. The fourth-order valence-electron chi connectivity index (χ4n) is 2.25. The summed E-state index contributed by atoms with van der Waals surface area (Å²) in [7, 11) is 3.72. The van der Waals surface area contributed by atoms with Crippen molar-refractivity contribution < 1.29 is 14.6 Å². The minimum atomic E-state index is 0.181. The standard InChI is InChI=1S/C14H20BrNO3/c1-16-8-12(9-16)19-14-10(4-3-5-17)6-11(15)7-13(14)18-2/h6-7,12,17H,3-5,8-9H2,1-2H3. The largest absolute Gasteiger partial charge is 0.493 e. The van der Waals surface area contributed by atoms with Crippen LogP contribution in [0.5, 0.6) is 11.5 Å². The molecule has 5 heteroatoms. The van der Waals surface area contributed by atoms with Crippen LogP contribution in [0.4, 0.5) is 0 Å². The summed E-state index contributed by atoms with van der Waals surface area (Å²) in [4.78, 5) is 2.21. The van der Waals surface area contributed by atoms with Crippen molar-refractivity contribution in [3.8, 4) is 11.5 Å². The molecule has 0 amide bonds. The molecule has 0 aliphatic carbocycles. The van der Waals surface area contributed by atoms with Gasteiger partial charge in [-0.25, -0.2) is 0 Å². The molecule has 0 radical (unpaired) electrons. The van der Waals surface area contributed by atoms with Gasteiger partial charge >= 0.3 is 0 Å². The Morgan fingerprint density at radius 1 is 1.42 bits per heavy atom. The van der Waals surface area contributed by atoms with E-state index in [4.69, 9.17) is 14.6 Å². The molecule has 1 fully saturated rings. The Balaban J connectivity index is 2.20. The van der Waals surface area contributed by atoms with Crippen LogP contribution in [0.1, 0.15) is 12.0 Å². The number of rotatable bonds is 6. The van der Waals surface area contributed by atoms with E-state index in [2.05, 4.69) is 27.9 Å². The van der Waals surface area contributed by atoms with Gasteiger partial charge in [-0.3, -0.25) is 4.90 Å². The third-order valence-corrected chi connectivity index (χ3v) is 3.69. The Bertz CT molecular complexity index is 433. The van der Waals surface area contributed by atoms with E-state index in [-0.39, 0.29) is 12.7 Å². The summed E-state index contributed by atoms with van der Waals surface area (Å²) in [5.41, 5.74) is 1.08. The molecule has 1 aromatic rings. The van der Waals surface area contributed by atoms with Crippen LogP contribution < -0.4 is 9.47 Å². The third-order valence-electron chi connectivity index (χ3n) is 3.24. The number of nitrogens with zero attached hydrogens (tertiary/aromatic N) is 1. The number of benzene rings is 1. The second kappa shape index (κ2) is 6.59. The van der Waals surface area contributed by atoms with E-state index in [0.717, 1.165) is 47.5 Å². The number of aliphatic hydroxyl groups excluding tert-OH is 1. The van der Waals surface area contributed by atoms with Crippen molar-refractivity contribution in [3.05, 3.63) is 22.2 Å². The molecule has 19 heavy (non-hydrogen) atoms. The summed E-state index contributed by atoms with van der Waals surface area (Å²) in [6.07, 6.45) is 1.73. The van der Waals surface area contributed by atoms with Crippen molar-refractivity contribution in [2.75, 3.05) is 33.9 Å². The maximum absolute atomic E-state index is 9.00. The molecule has 1 N–H and O–H groups in total.